The van der Waals surface area contributed by atoms with E-state index >= 15 is 0 Å². The molecule has 160 valence electrons. The first-order chi connectivity index (χ1) is 13.3. The first kappa shape index (κ1) is 21.7. The number of carbonyl (C=O) groups is 1. The number of carbonyl (C=O) groups excluding carboxylic acids is 1. The fourth-order valence-electron chi connectivity index (χ4n) is 4.50. The normalized spacial score (nSPS) is 37.9. The first-order valence-electron chi connectivity index (χ1n) is 10.4. The van der Waals surface area contributed by atoms with E-state index in [1.165, 1.54) is 0 Å². The van der Waals surface area contributed by atoms with E-state index in [9.17, 15) is 4.79 Å². The summed E-state index contributed by atoms with van der Waals surface area (Å²) < 4.78 is 37.2. The van der Waals surface area contributed by atoms with Crippen LogP contribution in [-0.4, -0.2) is 61.3 Å². The van der Waals surface area contributed by atoms with Crippen LogP contribution in [0.2, 0.25) is 0 Å². The first-order valence-corrected chi connectivity index (χ1v) is 10.4. The lowest BCUT2D eigenvalue weighted by molar-refractivity contribution is -0.217. The van der Waals surface area contributed by atoms with Gasteiger partial charge in [0.1, 0.15) is 30.5 Å². The maximum atomic E-state index is 12.3. The van der Waals surface area contributed by atoms with Crippen LogP contribution in [0.5, 0.6) is 0 Å². The Balaban J connectivity index is 1.99. The Morgan fingerprint density at radius 1 is 0.821 bits per heavy atom. The predicted octanol–water partition coefficient (Wildman–Crippen LogP) is 3.10. The van der Waals surface area contributed by atoms with Gasteiger partial charge >= 0.3 is 5.97 Å². The minimum absolute atomic E-state index is 0.324. The summed E-state index contributed by atoms with van der Waals surface area (Å²) >= 11 is 0. The highest BCUT2D eigenvalue weighted by molar-refractivity contribution is 5.87. The van der Waals surface area contributed by atoms with E-state index in [1.807, 2.05) is 27.7 Å². The average molecular weight is 398 g/mol. The third-order valence-corrected chi connectivity index (χ3v) is 6.36. The molecule has 0 aromatic carbocycles. The summed E-state index contributed by atoms with van der Waals surface area (Å²) in [7, 11) is 1.59. The van der Waals surface area contributed by atoms with E-state index in [2.05, 4.69) is 6.58 Å². The molecular weight excluding hydrogens is 364 g/mol. The average Bonchev–Trinajstić information content (AvgIpc) is 3.28. The summed E-state index contributed by atoms with van der Waals surface area (Å²) in [6.45, 7) is 13.4. The number of rotatable bonds is 7. The molecule has 7 heteroatoms. The lowest BCUT2D eigenvalue weighted by Crippen LogP contribution is -2.63. The van der Waals surface area contributed by atoms with E-state index in [0.717, 1.165) is 0 Å². The Kier molecular flexibility index (Phi) is 6.23. The molecule has 2 aliphatic heterocycles. The molecular formula is C21H34O7. The van der Waals surface area contributed by atoms with Crippen LogP contribution in [0, 0.1) is 0 Å². The van der Waals surface area contributed by atoms with Crippen molar-refractivity contribution in [3.05, 3.63) is 12.2 Å². The Bertz CT molecular complexity index is 596. The van der Waals surface area contributed by atoms with Gasteiger partial charge in [-0.1, -0.05) is 34.3 Å². The van der Waals surface area contributed by atoms with Gasteiger partial charge in [0.25, 0.3) is 0 Å². The number of esters is 1. The predicted molar refractivity (Wildman–Crippen MR) is 102 cm³/mol. The summed E-state index contributed by atoms with van der Waals surface area (Å²) in [5, 5.41) is 0. The van der Waals surface area contributed by atoms with Crippen molar-refractivity contribution in [2.75, 3.05) is 7.11 Å². The van der Waals surface area contributed by atoms with Crippen LogP contribution in [0.15, 0.2) is 12.2 Å². The van der Waals surface area contributed by atoms with Crippen LogP contribution in [-0.2, 0) is 33.2 Å². The van der Waals surface area contributed by atoms with Crippen molar-refractivity contribution in [3.63, 3.8) is 0 Å². The fraction of sp³-hybridized carbons (Fsp3) is 0.857. The summed E-state index contributed by atoms with van der Waals surface area (Å²) in [6.07, 6.45) is -0.0995. The Morgan fingerprint density at radius 2 is 1.21 bits per heavy atom. The van der Waals surface area contributed by atoms with Crippen molar-refractivity contribution in [3.8, 4) is 0 Å². The number of hydrogen-bond acceptors (Lipinski definition) is 7. The molecule has 6 unspecified atom stereocenters. The van der Waals surface area contributed by atoms with Gasteiger partial charge in [-0.3, -0.25) is 0 Å². The summed E-state index contributed by atoms with van der Waals surface area (Å²) in [5.41, 5.74) is 0.324. The Morgan fingerprint density at radius 3 is 1.57 bits per heavy atom. The van der Waals surface area contributed by atoms with Crippen molar-refractivity contribution < 1.29 is 33.2 Å². The quantitative estimate of drug-likeness (QED) is 0.482. The second kappa shape index (κ2) is 8.03. The molecule has 3 fully saturated rings. The fourth-order valence-corrected chi connectivity index (χ4v) is 4.50. The van der Waals surface area contributed by atoms with E-state index in [1.54, 1.807) is 14.0 Å². The van der Waals surface area contributed by atoms with E-state index < -0.39 is 48.1 Å². The molecule has 3 rings (SSSR count). The smallest absolute Gasteiger partial charge is 0.333 e. The van der Waals surface area contributed by atoms with Gasteiger partial charge in [0.2, 0.25) is 0 Å². The maximum absolute atomic E-state index is 12.3. The number of methoxy groups -OCH3 is 1. The maximum Gasteiger partial charge on any atom is 0.333 e. The number of ether oxygens (including phenoxy) is 6. The summed E-state index contributed by atoms with van der Waals surface area (Å²) in [5.74, 6) is -1.91. The minimum atomic E-state index is -0.733. The van der Waals surface area contributed by atoms with Gasteiger partial charge in [-0.25, -0.2) is 4.79 Å². The largest absolute Gasteiger partial charge is 0.453 e. The molecule has 1 aliphatic carbocycles. The van der Waals surface area contributed by atoms with Gasteiger partial charge in [-0.2, -0.15) is 0 Å². The van der Waals surface area contributed by atoms with Crippen LogP contribution < -0.4 is 0 Å². The molecule has 0 radical (unpaired) electrons. The molecule has 1 saturated carbocycles. The molecule has 6 atom stereocenters. The zero-order chi connectivity index (χ0) is 20.7. The molecule has 0 aromatic heterocycles. The lowest BCUT2D eigenvalue weighted by Gasteiger charge is -2.41. The minimum Gasteiger partial charge on any atom is -0.453 e. The van der Waals surface area contributed by atoms with E-state index in [0.29, 0.717) is 31.3 Å². The van der Waals surface area contributed by atoms with Gasteiger partial charge < -0.3 is 28.4 Å². The molecule has 0 N–H and O–H groups in total. The van der Waals surface area contributed by atoms with Gasteiger partial charge in [0, 0.05) is 12.7 Å². The molecule has 0 amide bonds. The number of fused-ring (bicyclic) bond motifs is 3. The zero-order valence-electron chi connectivity index (χ0n) is 17.9. The summed E-state index contributed by atoms with van der Waals surface area (Å²) in [6, 6.07) is 0. The molecule has 7 nitrogen and oxygen atoms in total. The third kappa shape index (κ3) is 3.41. The lowest BCUT2D eigenvalue weighted by atomic mass is 9.84. The van der Waals surface area contributed by atoms with Crippen LogP contribution in [0.3, 0.4) is 0 Å². The van der Waals surface area contributed by atoms with Crippen molar-refractivity contribution in [1.82, 2.24) is 0 Å². The van der Waals surface area contributed by atoms with Crippen molar-refractivity contribution in [1.29, 1.82) is 0 Å². The molecule has 0 aromatic rings. The molecule has 0 spiro atoms. The van der Waals surface area contributed by atoms with Gasteiger partial charge in [-0.15, -0.1) is 0 Å². The van der Waals surface area contributed by atoms with Crippen LogP contribution in [0.25, 0.3) is 0 Å². The van der Waals surface area contributed by atoms with Gasteiger partial charge in [0.15, 0.2) is 17.7 Å². The van der Waals surface area contributed by atoms with Crippen molar-refractivity contribution in [2.45, 2.75) is 108 Å². The summed E-state index contributed by atoms with van der Waals surface area (Å²) in [4.78, 5) is 12.3. The van der Waals surface area contributed by atoms with Crippen LogP contribution >= 0.6 is 0 Å². The highest BCUT2D eigenvalue weighted by Gasteiger charge is 2.66. The van der Waals surface area contributed by atoms with E-state index in [-0.39, 0.29) is 6.10 Å². The zero-order valence-corrected chi connectivity index (χ0v) is 17.9. The molecule has 2 heterocycles. The van der Waals surface area contributed by atoms with Crippen LogP contribution in [0.1, 0.15) is 60.3 Å². The van der Waals surface area contributed by atoms with Gasteiger partial charge in [0.05, 0.1) is 0 Å². The highest BCUT2D eigenvalue weighted by Crippen LogP contribution is 2.49. The number of hydrogen-bond donors (Lipinski definition) is 0. The third-order valence-electron chi connectivity index (χ3n) is 6.36. The van der Waals surface area contributed by atoms with Crippen molar-refractivity contribution >= 4 is 5.97 Å². The second-order valence-electron chi connectivity index (χ2n) is 7.92. The van der Waals surface area contributed by atoms with Gasteiger partial charge in [-0.05, 0) is 32.6 Å². The highest BCUT2D eigenvalue weighted by atomic mass is 16.8. The topological polar surface area (TPSA) is 72.5 Å². The van der Waals surface area contributed by atoms with Crippen molar-refractivity contribution in [2.24, 2.45) is 0 Å². The standard InChI is InChI=1S/C21H34O7/c1-8-20(9-2)25-15-13(23-7)14(24-19(22)12(5)6)16-18(17(15)27-20)28-21(10-3,11-4)26-16/h13-18H,5,8-11H2,1-4,6-7H3. The van der Waals surface area contributed by atoms with E-state index in [4.69, 9.17) is 28.4 Å². The monoisotopic (exact) mass is 398 g/mol. The molecule has 2 saturated heterocycles. The molecule has 0 bridgehead atoms. The molecule has 28 heavy (non-hydrogen) atoms. The molecule has 3 aliphatic rings. The van der Waals surface area contributed by atoms with Crippen LogP contribution in [0.4, 0.5) is 0 Å². The Hall–Kier alpha value is -0.990. The Labute approximate surface area is 167 Å². The second-order valence-corrected chi connectivity index (χ2v) is 7.92. The SMILES string of the molecule is C=C(C)C(=O)OC1C(OC)C2OC(CC)(CC)OC2C2OC(CC)(CC)OC12.